The minimum Gasteiger partial charge on any atom is -0.464 e. The predicted molar refractivity (Wildman–Crippen MR) is 77.6 cm³/mol. The molecule has 0 saturated heterocycles. The quantitative estimate of drug-likeness (QED) is 0.792. The molecule has 0 aromatic carbocycles. The number of rotatable bonds is 5. The number of H-pyrrole nitrogens is 1. The first kappa shape index (κ1) is 17.8. The third kappa shape index (κ3) is 5.27. The number of aromatic amines is 1. The zero-order valence-electron chi connectivity index (χ0n) is 13.4. The van der Waals surface area contributed by atoms with E-state index < -0.39 is 29.3 Å². The molecule has 0 bridgehead atoms. The van der Waals surface area contributed by atoms with Gasteiger partial charge >= 0.3 is 12.1 Å². The van der Waals surface area contributed by atoms with E-state index in [0.29, 0.717) is 5.76 Å². The van der Waals surface area contributed by atoms with Crippen LogP contribution in [0.4, 0.5) is 4.79 Å². The molecular formula is C14H22N2O6. The van der Waals surface area contributed by atoms with Crippen LogP contribution in [0.2, 0.25) is 0 Å². The first-order valence-corrected chi connectivity index (χ1v) is 6.97. The summed E-state index contributed by atoms with van der Waals surface area (Å²) in [5.74, 6) is -0.293. The van der Waals surface area contributed by atoms with E-state index in [9.17, 15) is 14.4 Å². The van der Waals surface area contributed by atoms with E-state index in [-0.39, 0.29) is 18.6 Å². The Bertz CT molecular complexity index is 581. The van der Waals surface area contributed by atoms with Crippen molar-refractivity contribution in [2.24, 2.45) is 0 Å². The fourth-order valence-corrected chi connectivity index (χ4v) is 1.73. The number of amides is 1. The molecule has 1 heterocycles. The Labute approximate surface area is 128 Å². The number of hydrogen-bond donors (Lipinski definition) is 2. The summed E-state index contributed by atoms with van der Waals surface area (Å²) in [5.41, 5.74) is -0.876. The molecule has 0 aliphatic rings. The van der Waals surface area contributed by atoms with Gasteiger partial charge in [-0.25, -0.2) is 9.59 Å². The number of nitrogens with one attached hydrogen (secondary N) is 2. The van der Waals surface area contributed by atoms with Crippen LogP contribution in [-0.4, -0.2) is 35.5 Å². The Hall–Kier alpha value is -2.25. The second kappa shape index (κ2) is 7.15. The molecule has 0 aliphatic heterocycles. The lowest BCUT2D eigenvalue weighted by Gasteiger charge is -2.22. The number of esters is 1. The van der Waals surface area contributed by atoms with Gasteiger partial charge in [-0.2, -0.15) is 5.16 Å². The Morgan fingerprint density at radius 2 is 2.00 bits per heavy atom. The molecule has 22 heavy (non-hydrogen) atoms. The lowest BCUT2D eigenvalue weighted by Crippen LogP contribution is -2.46. The fourth-order valence-electron chi connectivity index (χ4n) is 1.73. The van der Waals surface area contributed by atoms with Gasteiger partial charge in [-0.1, -0.05) is 0 Å². The molecule has 0 fully saturated rings. The molecule has 8 heteroatoms. The molecule has 0 aliphatic carbocycles. The summed E-state index contributed by atoms with van der Waals surface area (Å²) >= 11 is 0. The summed E-state index contributed by atoms with van der Waals surface area (Å²) in [6.45, 7) is 8.51. The van der Waals surface area contributed by atoms with E-state index in [1.165, 1.54) is 0 Å². The van der Waals surface area contributed by atoms with E-state index in [1.54, 1.807) is 34.6 Å². The summed E-state index contributed by atoms with van der Waals surface area (Å²) < 4.78 is 14.9. The van der Waals surface area contributed by atoms with Gasteiger partial charge in [0.25, 0.3) is 5.56 Å². The number of alkyl carbamates (subject to hydrolysis) is 1. The summed E-state index contributed by atoms with van der Waals surface area (Å²) in [7, 11) is 0. The summed E-state index contributed by atoms with van der Waals surface area (Å²) in [4.78, 5) is 35.4. The van der Waals surface area contributed by atoms with Gasteiger partial charge in [0.1, 0.15) is 17.4 Å². The SMILES string of the molecule is CCOC(=O)C(Cc1c(C)o[nH]c1=O)NC(=O)OC(C)(C)C. The maximum atomic E-state index is 12.0. The standard InChI is InChI=1S/C14H22N2O6/c1-6-20-12(18)10(15-13(19)21-14(3,4)5)7-9-8(2)22-16-11(9)17/h10H,6-7H2,1-5H3,(H,15,19)(H,16,17). The number of aryl methyl sites for hydroxylation is 1. The van der Waals surface area contributed by atoms with Crippen LogP contribution in [0.5, 0.6) is 0 Å². The zero-order chi connectivity index (χ0) is 16.9. The largest absolute Gasteiger partial charge is 0.464 e. The van der Waals surface area contributed by atoms with Crippen LogP contribution in [0.1, 0.15) is 39.0 Å². The number of ether oxygens (including phenoxy) is 2. The van der Waals surface area contributed by atoms with Crippen LogP contribution in [0, 0.1) is 6.92 Å². The highest BCUT2D eigenvalue weighted by molar-refractivity contribution is 5.81. The smallest absolute Gasteiger partial charge is 0.408 e. The van der Waals surface area contributed by atoms with Crippen molar-refractivity contribution in [1.29, 1.82) is 0 Å². The van der Waals surface area contributed by atoms with Crippen molar-refractivity contribution in [2.45, 2.75) is 52.7 Å². The van der Waals surface area contributed by atoms with Crippen molar-refractivity contribution in [3.8, 4) is 0 Å². The number of carbonyl (C=O) groups excluding carboxylic acids is 2. The van der Waals surface area contributed by atoms with Crippen molar-refractivity contribution >= 4 is 12.1 Å². The van der Waals surface area contributed by atoms with Gasteiger partial charge < -0.3 is 19.3 Å². The topological polar surface area (TPSA) is 111 Å². The van der Waals surface area contributed by atoms with Crippen molar-refractivity contribution in [3.63, 3.8) is 0 Å². The molecule has 0 saturated carbocycles. The summed E-state index contributed by atoms with van der Waals surface area (Å²) in [5, 5.41) is 4.60. The minimum absolute atomic E-state index is 0.0459. The van der Waals surface area contributed by atoms with Crippen LogP contribution in [-0.2, 0) is 20.7 Å². The van der Waals surface area contributed by atoms with Crippen LogP contribution < -0.4 is 10.9 Å². The second-order valence-electron chi connectivity index (χ2n) is 5.72. The first-order chi connectivity index (χ1) is 10.1. The highest BCUT2D eigenvalue weighted by atomic mass is 16.6. The van der Waals surface area contributed by atoms with Crippen LogP contribution in [0.15, 0.2) is 9.32 Å². The van der Waals surface area contributed by atoms with E-state index in [2.05, 4.69) is 10.5 Å². The van der Waals surface area contributed by atoms with Gasteiger partial charge in [-0.05, 0) is 34.6 Å². The van der Waals surface area contributed by atoms with E-state index in [4.69, 9.17) is 14.0 Å². The van der Waals surface area contributed by atoms with Crippen molar-refractivity contribution < 1.29 is 23.6 Å². The third-order valence-electron chi connectivity index (χ3n) is 2.67. The normalized spacial score (nSPS) is 12.6. The number of carbonyl (C=O) groups is 2. The molecule has 1 aromatic rings. The number of aromatic nitrogens is 1. The molecule has 124 valence electrons. The lowest BCUT2D eigenvalue weighted by atomic mass is 10.1. The van der Waals surface area contributed by atoms with Gasteiger partial charge in [0, 0.05) is 6.42 Å². The third-order valence-corrected chi connectivity index (χ3v) is 2.67. The highest BCUT2D eigenvalue weighted by Crippen LogP contribution is 2.09. The average molecular weight is 314 g/mol. The molecule has 1 amide bonds. The van der Waals surface area contributed by atoms with Crippen LogP contribution in [0.3, 0.4) is 0 Å². The van der Waals surface area contributed by atoms with E-state index >= 15 is 0 Å². The molecule has 1 rings (SSSR count). The molecule has 1 atom stereocenters. The maximum Gasteiger partial charge on any atom is 0.408 e. The van der Waals surface area contributed by atoms with Crippen LogP contribution in [0.25, 0.3) is 0 Å². The fraction of sp³-hybridized carbons (Fsp3) is 0.643. The van der Waals surface area contributed by atoms with Gasteiger partial charge in [-0.3, -0.25) is 4.79 Å². The predicted octanol–water partition coefficient (Wildman–Crippen LogP) is 1.28. The van der Waals surface area contributed by atoms with Crippen molar-refractivity contribution in [1.82, 2.24) is 10.5 Å². The Morgan fingerprint density at radius 3 is 2.45 bits per heavy atom. The van der Waals surface area contributed by atoms with Gasteiger partial charge in [0.15, 0.2) is 0 Å². The lowest BCUT2D eigenvalue weighted by molar-refractivity contribution is -0.145. The van der Waals surface area contributed by atoms with E-state index in [1.807, 2.05) is 0 Å². The Kier molecular flexibility index (Phi) is 5.78. The van der Waals surface area contributed by atoms with Crippen molar-refractivity contribution in [2.75, 3.05) is 6.61 Å². The average Bonchev–Trinajstić information content (AvgIpc) is 2.67. The minimum atomic E-state index is -1.03. The molecule has 1 unspecified atom stereocenters. The molecule has 2 N–H and O–H groups in total. The van der Waals surface area contributed by atoms with E-state index in [0.717, 1.165) is 0 Å². The summed E-state index contributed by atoms with van der Waals surface area (Å²) in [6.07, 6.45) is -0.807. The highest BCUT2D eigenvalue weighted by Gasteiger charge is 2.27. The molecule has 0 spiro atoms. The first-order valence-electron chi connectivity index (χ1n) is 6.97. The molecular weight excluding hydrogens is 292 g/mol. The van der Waals surface area contributed by atoms with Gasteiger partial charge in [0.05, 0.1) is 12.2 Å². The zero-order valence-corrected chi connectivity index (χ0v) is 13.4. The van der Waals surface area contributed by atoms with Gasteiger partial charge in [-0.15, -0.1) is 0 Å². The molecule has 1 aromatic heterocycles. The molecule has 8 nitrogen and oxygen atoms in total. The summed E-state index contributed by atoms with van der Waals surface area (Å²) in [6, 6.07) is -1.03. The maximum absolute atomic E-state index is 12.0. The van der Waals surface area contributed by atoms with Gasteiger partial charge in [0.2, 0.25) is 0 Å². The second-order valence-corrected chi connectivity index (χ2v) is 5.72. The Balaban J connectivity index is 2.87. The molecule has 0 radical (unpaired) electrons. The van der Waals surface area contributed by atoms with Crippen molar-refractivity contribution in [3.05, 3.63) is 21.7 Å². The Morgan fingerprint density at radius 1 is 1.36 bits per heavy atom. The number of hydrogen-bond acceptors (Lipinski definition) is 6. The monoisotopic (exact) mass is 314 g/mol. The van der Waals surface area contributed by atoms with Crippen LogP contribution >= 0.6 is 0 Å².